The lowest BCUT2D eigenvalue weighted by molar-refractivity contribution is 1.03. The zero-order chi connectivity index (χ0) is 13.9. The van der Waals surface area contributed by atoms with Crippen molar-refractivity contribution >= 4 is 0 Å². The highest BCUT2D eigenvalue weighted by Gasteiger charge is 2.10. The maximum absolute atomic E-state index is 12.0. The molecular formula is C18H15NO. The summed E-state index contributed by atoms with van der Waals surface area (Å²) in [5, 5.41) is 0. The van der Waals surface area contributed by atoms with Crippen LogP contribution in [0.15, 0.2) is 77.7 Å². The summed E-state index contributed by atoms with van der Waals surface area (Å²) in [6.45, 7) is 1.88. The quantitative estimate of drug-likeness (QED) is 0.687. The van der Waals surface area contributed by atoms with Crippen LogP contribution >= 0.6 is 0 Å². The second kappa shape index (κ2) is 5.17. The van der Waals surface area contributed by atoms with Gasteiger partial charge in [-0.3, -0.25) is 4.79 Å². The summed E-state index contributed by atoms with van der Waals surface area (Å²) in [5.74, 6) is 0. The van der Waals surface area contributed by atoms with Crippen LogP contribution in [0.3, 0.4) is 0 Å². The van der Waals surface area contributed by atoms with Crippen molar-refractivity contribution in [3.63, 3.8) is 0 Å². The topological polar surface area (TPSA) is 22.0 Å². The van der Waals surface area contributed by atoms with Gasteiger partial charge in [0.1, 0.15) is 0 Å². The number of nitrogens with zero attached hydrogens (tertiary/aromatic N) is 1. The van der Waals surface area contributed by atoms with E-state index >= 15 is 0 Å². The van der Waals surface area contributed by atoms with Crippen molar-refractivity contribution in [3.8, 4) is 16.9 Å². The molecule has 0 aliphatic carbocycles. The van der Waals surface area contributed by atoms with Gasteiger partial charge in [0.2, 0.25) is 0 Å². The van der Waals surface area contributed by atoms with E-state index in [0.717, 1.165) is 22.5 Å². The molecule has 0 amide bonds. The molecule has 0 fully saturated rings. The molecule has 0 saturated carbocycles. The average Bonchev–Trinajstić information content (AvgIpc) is 2.51. The largest absolute Gasteiger partial charge is 0.316 e. The van der Waals surface area contributed by atoms with Gasteiger partial charge in [0, 0.05) is 23.5 Å². The minimum atomic E-state index is 0.0658. The molecule has 2 nitrogen and oxygen atoms in total. The Morgan fingerprint density at radius 2 is 1.40 bits per heavy atom. The summed E-state index contributed by atoms with van der Waals surface area (Å²) >= 11 is 0. The number of aromatic nitrogens is 1. The maximum atomic E-state index is 12.0. The molecule has 20 heavy (non-hydrogen) atoms. The van der Waals surface area contributed by atoms with E-state index in [2.05, 4.69) is 4.57 Å². The number of hydrogen-bond donors (Lipinski definition) is 0. The molecular weight excluding hydrogens is 246 g/mol. The van der Waals surface area contributed by atoms with Crippen LogP contribution in [0.1, 0.15) is 5.56 Å². The van der Waals surface area contributed by atoms with E-state index in [9.17, 15) is 4.79 Å². The van der Waals surface area contributed by atoms with Crippen LogP contribution in [0, 0.1) is 6.92 Å². The van der Waals surface area contributed by atoms with Gasteiger partial charge in [0.25, 0.3) is 0 Å². The fraction of sp³-hybridized carbons (Fsp3) is 0.0556. The summed E-state index contributed by atoms with van der Waals surface area (Å²) in [7, 11) is 0. The number of hydrogen-bond acceptors (Lipinski definition) is 1. The molecule has 2 heteroatoms. The Morgan fingerprint density at radius 1 is 0.800 bits per heavy atom. The molecule has 98 valence electrons. The summed E-state index contributed by atoms with van der Waals surface area (Å²) in [6, 6.07) is 21.7. The van der Waals surface area contributed by atoms with Gasteiger partial charge in [-0.05, 0) is 24.6 Å². The Balaban J connectivity index is 2.32. The first-order chi connectivity index (χ1) is 9.77. The van der Waals surface area contributed by atoms with Crippen LogP contribution in [0.5, 0.6) is 0 Å². The van der Waals surface area contributed by atoms with Gasteiger partial charge < -0.3 is 4.57 Å². The molecule has 1 heterocycles. The van der Waals surface area contributed by atoms with Crippen molar-refractivity contribution in [2.45, 2.75) is 6.92 Å². The van der Waals surface area contributed by atoms with Gasteiger partial charge in [-0.15, -0.1) is 0 Å². The molecule has 2 aromatic carbocycles. The molecule has 0 saturated heterocycles. The Kier molecular flexibility index (Phi) is 3.21. The summed E-state index contributed by atoms with van der Waals surface area (Å²) in [6.07, 6.45) is 1.84. The standard InChI is InChI=1S/C18H15NO/c1-14-17(20)12-13-19(16-10-6-3-7-11-16)18(14)15-8-4-2-5-9-15/h2-13H,1H3. The predicted octanol–water partition coefficient (Wildman–Crippen LogP) is 3.81. The van der Waals surface area contributed by atoms with Crippen molar-refractivity contribution in [2.75, 3.05) is 0 Å². The summed E-state index contributed by atoms with van der Waals surface area (Å²) < 4.78 is 2.06. The normalized spacial score (nSPS) is 10.4. The molecule has 0 atom stereocenters. The third kappa shape index (κ3) is 2.16. The lowest BCUT2D eigenvalue weighted by Gasteiger charge is -2.16. The van der Waals surface area contributed by atoms with Crippen LogP contribution in [0.4, 0.5) is 0 Å². The molecule has 3 aromatic rings. The lowest BCUT2D eigenvalue weighted by Crippen LogP contribution is -2.12. The highest BCUT2D eigenvalue weighted by Crippen LogP contribution is 2.24. The van der Waals surface area contributed by atoms with Crippen LogP contribution < -0.4 is 5.43 Å². The summed E-state index contributed by atoms with van der Waals surface area (Å²) in [4.78, 5) is 12.0. The maximum Gasteiger partial charge on any atom is 0.185 e. The van der Waals surface area contributed by atoms with E-state index in [-0.39, 0.29) is 5.43 Å². The highest BCUT2D eigenvalue weighted by atomic mass is 16.1. The smallest absolute Gasteiger partial charge is 0.185 e. The molecule has 0 spiro atoms. The van der Waals surface area contributed by atoms with E-state index in [1.54, 1.807) is 6.07 Å². The monoisotopic (exact) mass is 261 g/mol. The van der Waals surface area contributed by atoms with Gasteiger partial charge in [0.05, 0.1) is 5.69 Å². The highest BCUT2D eigenvalue weighted by molar-refractivity contribution is 5.65. The van der Waals surface area contributed by atoms with E-state index < -0.39 is 0 Å². The fourth-order valence-corrected chi connectivity index (χ4v) is 2.39. The average molecular weight is 261 g/mol. The second-order valence-corrected chi connectivity index (χ2v) is 4.73. The molecule has 1 aromatic heterocycles. The fourth-order valence-electron chi connectivity index (χ4n) is 2.39. The third-order valence-electron chi connectivity index (χ3n) is 3.42. The van der Waals surface area contributed by atoms with Crippen molar-refractivity contribution < 1.29 is 0 Å². The third-order valence-corrected chi connectivity index (χ3v) is 3.42. The Bertz CT molecular complexity index is 774. The number of rotatable bonds is 2. The Hall–Kier alpha value is -2.61. The zero-order valence-corrected chi connectivity index (χ0v) is 11.3. The van der Waals surface area contributed by atoms with Crippen molar-refractivity contribution in [1.29, 1.82) is 0 Å². The van der Waals surface area contributed by atoms with Gasteiger partial charge >= 0.3 is 0 Å². The van der Waals surface area contributed by atoms with Gasteiger partial charge in [-0.25, -0.2) is 0 Å². The van der Waals surface area contributed by atoms with Crippen molar-refractivity contribution in [2.24, 2.45) is 0 Å². The Morgan fingerprint density at radius 3 is 2.05 bits per heavy atom. The summed E-state index contributed by atoms with van der Waals surface area (Å²) in [5.41, 5.74) is 3.88. The van der Waals surface area contributed by atoms with Crippen LogP contribution in [-0.4, -0.2) is 4.57 Å². The van der Waals surface area contributed by atoms with E-state index in [0.29, 0.717) is 0 Å². The van der Waals surface area contributed by atoms with Gasteiger partial charge in [0.15, 0.2) is 5.43 Å². The minimum absolute atomic E-state index is 0.0658. The van der Waals surface area contributed by atoms with Crippen molar-refractivity contribution in [3.05, 3.63) is 88.7 Å². The predicted molar refractivity (Wildman–Crippen MR) is 82.2 cm³/mol. The molecule has 0 unspecified atom stereocenters. The SMILES string of the molecule is Cc1c(-c2ccccc2)n(-c2ccccc2)ccc1=O. The molecule has 0 aliphatic heterocycles. The van der Waals surface area contributed by atoms with Crippen LogP contribution in [-0.2, 0) is 0 Å². The van der Waals surface area contributed by atoms with Gasteiger partial charge in [-0.2, -0.15) is 0 Å². The lowest BCUT2D eigenvalue weighted by atomic mass is 10.1. The van der Waals surface area contributed by atoms with Crippen molar-refractivity contribution in [1.82, 2.24) is 4.57 Å². The number of benzene rings is 2. The van der Waals surface area contributed by atoms with E-state index in [1.165, 1.54) is 0 Å². The first-order valence-corrected chi connectivity index (χ1v) is 6.60. The first kappa shape index (κ1) is 12.4. The Labute approximate surface area is 118 Å². The van der Waals surface area contributed by atoms with Crippen LogP contribution in [0.25, 0.3) is 16.9 Å². The van der Waals surface area contributed by atoms with E-state index in [1.807, 2.05) is 73.8 Å². The molecule has 0 radical (unpaired) electrons. The second-order valence-electron chi connectivity index (χ2n) is 4.73. The molecule has 0 bridgehead atoms. The molecule has 0 N–H and O–H groups in total. The first-order valence-electron chi connectivity index (χ1n) is 6.60. The molecule has 3 rings (SSSR count). The number of para-hydroxylation sites is 1. The number of pyridine rings is 1. The molecule has 0 aliphatic rings. The minimum Gasteiger partial charge on any atom is -0.316 e. The zero-order valence-electron chi connectivity index (χ0n) is 11.3. The van der Waals surface area contributed by atoms with Crippen LogP contribution in [0.2, 0.25) is 0 Å². The van der Waals surface area contributed by atoms with E-state index in [4.69, 9.17) is 0 Å². The van der Waals surface area contributed by atoms with Gasteiger partial charge in [-0.1, -0.05) is 48.5 Å².